The van der Waals surface area contributed by atoms with Crippen molar-refractivity contribution in [3.05, 3.63) is 12.2 Å². The van der Waals surface area contributed by atoms with E-state index in [1.54, 1.807) is 0 Å². The summed E-state index contributed by atoms with van der Waals surface area (Å²) in [5, 5.41) is 31.2. The van der Waals surface area contributed by atoms with Gasteiger partial charge in [0.2, 0.25) is 0 Å². The van der Waals surface area contributed by atoms with E-state index in [9.17, 15) is 24.9 Å². The Bertz CT molecular complexity index is 689. The van der Waals surface area contributed by atoms with Crippen molar-refractivity contribution in [1.82, 2.24) is 0 Å². The molecule has 0 aromatic heterocycles. The number of unbranched alkanes of at least 4 members (excludes halogenated alkanes) is 17. The first-order chi connectivity index (χ1) is 20.9. The van der Waals surface area contributed by atoms with E-state index in [4.69, 9.17) is 9.78 Å². The summed E-state index contributed by atoms with van der Waals surface area (Å²) < 4.78 is 0. The maximum Gasteiger partial charge on any atom is 0.364 e. The lowest BCUT2D eigenvalue weighted by Crippen LogP contribution is -2.55. The van der Waals surface area contributed by atoms with E-state index in [2.05, 4.69) is 26.0 Å². The van der Waals surface area contributed by atoms with Gasteiger partial charge in [0.25, 0.3) is 0 Å². The first-order valence-corrected chi connectivity index (χ1v) is 17.8. The number of hydrogen-bond donors (Lipinski definition) is 3. The van der Waals surface area contributed by atoms with Crippen molar-refractivity contribution in [1.29, 1.82) is 0 Å². The van der Waals surface area contributed by atoms with E-state index in [1.807, 2.05) is 6.92 Å². The van der Waals surface area contributed by atoms with E-state index in [0.29, 0.717) is 25.7 Å². The zero-order chi connectivity index (χ0) is 32.1. The van der Waals surface area contributed by atoms with E-state index < -0.39 is 42.6 Å². The van der Waals surface area contributed by atoms with Crippen LogP contribution in [0, 0.1) is 10.8 Å². The van der Waals surface area contributed by atoms with Crippen LogP contribution in [0.2, 0.25) is 0 Å². The Morgan fingerprint density at radius 1 is 0.535 bits per heavy atom. The third kappa shape index (κ3) is 17.6. The van der Waals surface area contributed by atoms with Gasteiger partial charge in [-0.2, -0.15) is 0 Å². The van der Waals surface area contributed by atoms with Crippen molar-refractivity contribution in [3.63, 3.8) is 0 Å². The maximum absolute atomic E-state index is 13.3. The second-order valence-electron chi connectivity index (χ2n) is 12.6. The molecule has 254 valence electrons. The van der Waals surface area contributed by atoms with E-state index in [0.717, 1.165) is 51.4 Å². The van der Waals surface area contributed by atoms with Gasteiger partial charge in [-0.1, -0.05) is 136 Å². The average molecular weight is 613 g/mol. The van der Waals surface area contributed by atoms with Gasteiger partial charge >= 0.3 is 11.9 Å². The predicted octanol–water partition coefficient (Wildman–Crippen LogP) is 8.92. The Kier molecular flexibility index (Phi) is 27.1. The number of allylic oxidation sites excluding steroid dienone is 2. The zero-order valence-corrected chi connectivity index (χ0v) is 28.2. The molecule has 0 rings (SSSR count). The predicted molar refractivity (Wildman–Crippen MR) is 175 cm³/mol. The third-order valence-corrected chi connectivity index (χ3v) is 9.07. The second-order valence-corrected chi connectivity index (χ2v) is 12.6. The molecule has 1 atom stereocenters. The average Bonchev–Trinajstić information content (AvgIpc) is 3.02. The summed E-state index contributed by atoms with van der Waals surface area (Å²) in [5.74, 6) is -1.53. The minimum Gasteiger partial charge on any atom is -0.396 e. The topological polar surface area (TPSA) is 113 Å². The fourth-order valence-electron chi connectivity index (χ4n) is 6.04. The molecule has 0 spiro atoms. The lowest BCUT2D eigenvalue weighted by molar-refractivity contribution is -0.276. The minimum atomic E-state index is -1.56. The van der Waals surface area contributed by atoms with Crippen molar-refractivity contribution in [2.24, 2.45) is 10.8 Å². The Morgan fingerprint density at radius 2 is 1.00 bits per heavy atom. The highest BCUT2D eigenvalue weighted by atomic mass is 17.2. The standard InChI is InChI=1S/C36H68O7/c1-4-7-9-11-13-14-15-16-17-18-19-20-21-23-25-27-33(40)42-43-34(41)36(32-39,28-6-3)35(30-37,31-38)29-26-24-22-12-10-8-5-2/h16-17,37-39H,4-15,18-32H2,1-3H3/b17-16-. The number of rotatable bonds is 30. The third-order valence-electron chi connectivity index (χ3n) is 9.07. The van der Waals surface area contributed by atoms with Gasteiger partial charge in [-0.05, 0) is 44.9 Å². The summed E-state index contributed by atoms with van der Waals surface area (Å²) in [6.45, 7) is 4.73. The van der Waals surface area contributed by atoms with Crippen molar-refractivity contribution in [2.75, 3.05) is 19.8 Å². The van der Waals surface area contributed by atoms with Crippen LogP contribution in [0.1, 0.15) is 175 Å². The van der Waals surface area contributed by atoms with Crippen molar-refractivity contribution < 1.29 is 34.7 Å². The number of aliphatic hydroxyl groups is 3. The molecule has 7 nitrogen and oxygen atoms in total. The summed E-state index contributed by atoms with van der Waals surface area (Å²) in [4.78, 5) is 35.4. The summed E-state index contributed by atoms with van der Waals surface area (Å²) in [6, 6.07) is 0. The summed E-state index contributed by atoms with van der Waals surface area (Å²) in [6.07, 6.45) is 28.3. The molecule has 0 bridgehead atoms. The number of aliphatic hydroxyl groups excluding tert-OH is 3. The molecule has 0 saturated heterocycles. The molecule has 0 aromatic rings. The van der Waals surface area contributed by atoms with Crippen LogP contribution in [0.3, 0.4) is 0 Å². The Morgan fingerprint density at radius 3 is 1.47 bits per heavy atom. The number of hydrogen-bond acceptors (Lipinski definition) is 7. The first-order valence-electron chi connectivity index (χ1n) is 17.8. The molecule has 0 aliphatic carbocycles. The Balaban J connectivity index is 4.48. The van der Waals surface area contributed by atoms with Crippen LogP contribution >= 0.6 is 0 Å². The number of carbonyl (C=O) groups excluding carboxylic acids is 2. The van der Waals surface area contributed by atoms with Crippen LogP contribution in [0.4, 0.5) is 0 Å². The molecule has 7 heteroatoms. The maximum atomic E-state index is 13.3. The molecule has 0 fully saturated rings. The van der Waals surface area contributed by atoms with Gasteiger partial charge < -0.3 is 15.3 Å². The summed E-state index contributed by atoms with van der Waals surface area (Å²) >= 11 is 0. The lowest BCUT2D eigenvalue weighted by atomic mass is 9.59. The molecular weight excluding hydrogens is 544 g/mol. The summed E-state index contributed by atoms with van der Waals surface area (Å²) in [5.41, 5.74) is -2.83. The molecule has 0 aliphatic rings. The van der Waals surface area contributed by atoms with Crippen molar-refractivity contribution >= 4 is 11.9 Å². The van der Waals surface area contributed by atoms with Crippen LogP contribution < -0.4 is 0 Å². The van der Waals surface area contributed by atoms with Crippen LogP contribution in [0.5, 0.6) is 0 Å². The van der Waals surface area contributed by atoms with E-state index in [-0.39, 0.29) is 12.8 Å². The van der Waals surface area contributed by atoms with Gasteiger partial charge in [-0.25, -0.2) is 19.4 Å². The second kappa shape index (κ2) is 28.1. The molecule has 3 N–H and O–H groups in total. The molecule has 0 saturated carbocycles. The molecule has 0 radical (unpaired) electrons. The molecule has 1 unspecified atom stereocenters. The van der Waals surface area contributed by atoms with Gasteiger partial charge in [0, 0.05) is 5.41 Å². The van der Waals surface area contributed by atoms with Crippen LogP contribution in [-0.2, 0) is 19.4 Å². The highest BCUT2D eigenvalue weighted by Gasteiger charge is 2.56. The quantitative estimate of drug-likeness (QED) is 0.0321. The Labute approximate surface area is 264 Å². The van der Waals surface area contributed by atoms with Crippen LogP contribution in [-0.4, -0.2) is 47.1 Å². The highest BCUT2D eigenvalue weighted by molar-refractivity contribution is 5.79. The van der Waals surface area contributed by atoms with Crippen LogP contribution in [0.25, 0.3) is 0 Å². The van der Waals surface area contributed by atoms with Crippen LogP contribution in [0.15, 0.2) is 12.2 Å². The summed E-state index contributed by atoms with van der Waals surface area (Å²) in [7, 11) is 0. The number of carbonyl (C=O) groups is 2. The molecule has 0 heterocycles. The Hall–Kier alpha value is -1.44. The molecule has 0 aromatic carbocycles. The smallest absolute Gasteiger partial charge is 0.364 e. The molecule has 43 heavy (non-hydrogen) atoms. The van der Waals surface area contributed by atoms with Gasteiger partial charge in [0.1, 0.15) is 5.41 Å². The normalized spacial score (nSPS) is 13.3. The van der Waals surface area contributed by atoms with Gasteiger partial charge in [0.15, 0.2) is 0 Å². The molecule has 0 aliphatic heterocycles. The largest absolute Gasteiger partial charge is 0.396 e. The fourth-order valence-corrected chi connectivity index (χ4v) is 6.04. The molecule has 0 amide bonds. The molecular formula is C36H68O7. The fraction of sp³-hybridized carbons (Fsp3) is 0.889. The minimum absolute atomic E-state index is 0.147. The van der Waals surface area contributed by atoms with E-state index in [1.165, 1.54) is 64.2 Å². The lowest BCUT2D eigenvalue weighted by Gasteiger charge is -2.45. The van der Waals surface area contributed by atoms with Gasteiger partial charge in [-0.3, -0.25) is 0 Å². The van der Waals surface area contributed by atoms with Crippen molar-refractivity contribution in [2.45, 2.75) is 175 Å². The monoisotopic (exact) mass is 612 g/mol. The first kappa shape index (κ1) is 41.6. The van der Waals surface area contributed by atoms with Gasteiger partial charge in [0.05, 0.1) is 26.2 Å². The highest BCUT2D eigenvalue weighted by Crippen LogP contribution is 2.47. The zero-order valence-electron chi connectivity index (χ0n) is 28.2. The van der Waals surface area contributed by atoms with E-state index >= 15 is 0 Å². The SMILES string of the molecule is CCCCCCCC/C=C\CCCCCCCC(=O)OOC(=O)C(CO)(CCC)C(CO)(CO)CCCCCCCCC. The van der Waals surface area contributed by atoms with Gasteiger partial charge in [-0.15, -0.1) is 0 Å². The van der Waals surface area contributed by atoms with Crippen molar-refractivity contribution in [3.8, 4) is 0 Å².